The quantitative estimate of drug-likeness (QED) is 0.824. The smallest absolute Gasteiger partial charge is 0.304 e. The second-order valence-corrected chi connectivity index (χ2v) is 5.14. The molecule has 2 rings (SSSR count). The first-order valence-corrected chi connectivity index (χ1v) is 6.85. The van der Waals surface area contributed by atoms with Crippen LogP contribution >= 0.6 is 0 Å². The molecule has 0 unspecified atom stereocenters. The summed E-state index contributed by atoms with van der Waals surface area (Å²) < 4.78 is 0. The van der Waals surface area contributed by atoms with E-state index in [1.165, 1.54) is 0 Å². The Hall–Kier alpha value is -1.39. The van der Waals surface area contributed by atoms with Crippen molar-refractivity contribution in [3.05, 3.63) is 35.9 Å². The van der Waals surface area contributed by atoms with Crippen molar-refractivity contribution in [2.75, 3.05) is 13.1 Å². The van der Waals surface area contributed by atoms with E-state index >= 15 is 0 Å². The molecule has 1 saturated heterocycles. The highest BCUT2D eigenvalue weighted by Crippen LogP contribution is 2.27. The lowest BCUT2D eigenvalue weighted by atomic mass is 10.0. The minimum absolute atomic E-state index is 0.179. The molecule has 1 aromatic carbocycles. The molecule has 2 atom stereocenters. The fourth-order valence-electron chi connectivity index (χ4n) is 2.76. The van der Waals surface area contributed by atoms with Gasteiger partial charge in [0.1, 0.15) is 0 Å². The molecule has 2 N–H and O–H groups in total. The van der Waals surface area contributed by atoms with Gasteiger partial charge in [0.15, 0.2) is 0 Å². The lowest BCUT2D eigenvalue weighted by molar-refractivity contribution is -0.137. The summed E-state index contributed by atoms with van der Waals surface area (Å²) in [5.74, 6) is -0.755. The van der Waals surface area contributed by atoms with Gasteiger partial charge in [0.05, 0.1) is 12.5 Å². The van der Waals surface area contributed by atoms with E-state index in [-0.39, 0.29) is 6.42 Å². The zero-order valence-corrected chi connectivity index (χ0v) is 11.0. The topological polar surface area (TPSA) is 60.8 Å². The third kappa shape index (κ3) is 4.04. The van der Waals surface area contributed by atoms with E-state index in [2.05, 4.69) is 4.90 Å². The summed E-state index contributed by atoms with van der Waals surface area (Å²) in [5, 5.41) is 19.0. The third-order valence-corrected chi connectivity index (χ3v) is 3.79. The van der Waals surface area contributed by atoms with Crippen molar-refractivity contribution < 1.29 is 15.0 Å². The molecule has 0 spiro atoms. The van der Waals surface area contributed by atoms with Gasteiger partial charge in [0, 0.05) is 12.6 Å². The van der Waals surface area contributed by atoms with Gasteiger partial charge < -0.3 is 10.2 Å². The van der Waals surface area contributed by atoms with Gasteiger partial charge in [0.25, 0.3) is 0 Å². The highest BCUT2D eigenvalue weighted by Gasteiger charge is 2.27. The number of benzene rings is 1. The minimum Gasteiger partial charge on any atom is -0.481 e. The Balaban J connectivity index is 1.88. The number of carboxylic acids is 1. The van der Waals surface area contributed by atoms with Gasteiger partial charge in [-0.25, -0.2) is 0 Å². The highest BCUT2D eigenvalue weighted by atomic mass is 16.4. The Kier molecular flexibility index (Phi) is 4.93. The average Bonchev–Trinajstić information content (AvgIpc) is 2.84. The van der Waals surface area contributed by atoms with Crippen LogP contribution in [0.25, 0.3) is 0 Å². The van der Waals surface area contributed by atoms with Crippen molar-refractivity contribution in [2.45, 2.75) is 37.8 Å². The fourth-order valence-corrected chi connectivity index (χ4v) is 2.76. The summed E-state index contributed by atoms with van der Waals surface area (Å²) >= 11 is 0. The molecule has 4 heteroatoms. The predicted molar refractivity (Wildman–Crippen MR) is 72.9 cm³/mol. The number of hydrogen-bond donors (Lipinski definition) is 2. The molecule has 1 aliphatic heterocycles. The van der Waals surface area contributed by atoms with Gasteiger partial charge in [-0.15, -0.1) is 0 Å². The predicted octanol–water partition coefficient (Wildman–Crippen LogP) is 2.05. The van der Waals surface area contributed by atoms with Crippen LogP contribution in [0, 0.1) is 0 Å². The van der Waals surface area contributed by atoms with Crippen LogP contribution in [0.2, 0.25) is 0 Å². The third-order valence-electron chi connectivity index (χ3n) is 3.79. The van der Waals surface area contributed by atoms with Crippen LogP contribution in [0.5, 0.6) is 0 Å². The SMILES string of the molecule is O=C(O)CCN1CCC[C@H]1C[C@H](O)c1ccccc1. The Morgan fingerprint density at radius 1 is 1.37 bits per heavy atom. The molecule has 4 nitrogen and oxygen atoms in total. The van der Waals surface area contributed by atoms with E-state index in [1.54, 1.807) is 0 Å². The van der Waals surface area contributed by atoms with Gasteiger partial charge in [-0.2, -0.15) is 0 Å². The van der Waals surface area contributed by atoms with Crippen LogP contribution in [0.4, 0.5) is 0 Å². The van der Waals surface area contributed by atoms with E-state index in [1.807, 2.05) is 30.3 Å². The maximum atomic E-state index is 10.6. The van der Waals surface area contributed by atoms with E-state index in [9.17, 15) is 9.90 Å². The van der Waals surface area contributed by atoms with E-state index in [4.69, 9.17) is 5.11 Å². The first-order valence-electron chi connectivity index (χ1n) is 6.85. The van der Waals surface area contributed by atoms with Crippen LogP contribution in [0.3, 0.4) is 0 Å². The summed E-state index contributed by atoms with van der Waals surface area (Å²) in [7, 11) is 0. The number of likely N-dealkylation sites (tertiary alicyclic amines) is 1. The summed E-state index contributed by atoms with van der Waals surface area (Å²) in [6, 6.07) is 9.95. The molecule has 0 radical (unpaired) electrons. The van der Waals surface area contributed by atoms with Crippen molar-refractivity contribution in [3.8, 4) is 0 Å². The Bertz CT molecular complexity index is 407. The van der Waals surface area contributed by atoms with Gasteiger partial charge in [-0.3, -0.25) is 9.69 Å². The van der Waals surface area contributed by atoms with E-state index < -0.39 is 12.1 Å². The standard InChI is InChI=1S/C15H21NO3/c17-14(12-5-2-1-3-6-12)11-13-7-4-9-16(13)10-8-15(18)19/h1-3,5-6,13-14,17H,4,7-11H2,(H,18,19)/t13-,14-/m0/s1. The van der Waals surface area contributed by atoms with Crippen LogP contribution in [0.15, 0.2) is 30.3 Å². The van der Waals surface area contributed by atoms with Crippen molar-refractivity contribution in [1.82, 2.24) is 4.90 Å². The Labute approximate surface area is 113 Å². The molecule has 0 amide bonds. The molecular weight excluding hydrogens is 242 g/mol. The minimum atomic E-state index is -0.755. The van der Waals surface area contributed by atoms with Crippen molar-refractivity contribution >= 4 is 5.97 Å². The number of carbonyl (C=O) groups is 1. The number of aliphatic hydroxyl groups is 1. The Morgan fingerprint density at radius 3 is 2.79 bits per heavy atom. The number of rotatable bonds is 6. The first kappa shape index (κ1) is 14.0. The molecule has 0 saturated carbocycles. The number of nitrogens with zero attached hydrogens (tertiary/aromatic N) is 1. The van der Waals surface area contributed by atoms with Gasteiger partial charge in [-0.05, 0) is 31.4 Å². The lowest BCUT2D eigenvalue weighted by Crippen LogP contribution is -2.32. The number of hydrogen-bond acceptors (Lipinski definition) is 3. The van der Waals surface area contributed by atoms with Gasteiger partial charge >= 0.3 is 5.97 Å². The molecule has 1 fully saturated rings. The van der Waals surface area contributed by atoms with Crippen LogP contribution in [0.1, 0.15) is 37.4 Å². The zero-order chi connectivity index (χ0) is 13.7. The molecule has 104 valence electrons. The molecule has 1 aliphatic rings. The molecule has 0 aromatic heterocycles. The first-order chi connectivity index (χ1) is 9.16. The summed E-state index contributed by atoms with van der Waals surface area (Å²) in [6.07, 6.45) is 2.54. The number of aliphatic hydroxyl groups excluding tert-OH is 1. The van der Waals surface area contributed by atoms with Gasteiger partial charge in [0.2, 0.25) is 0 Å². The molecular formula is C15H21NO3. The highest BCUT2D eigenvalue weighted by molar-refractivity contribution is 5.66. The van der Waals surface area contributed by atoms with E-state index in [0.717, 1.165) is 24.9 Å². The van der Waals surface area contributed by atoms with Crippen LogP contribution in [-0.4, -0.2) is 40.2 Å². The second kappa shape index (κ2) is 6.68. The average molecular weight is 263 g/mol. The summed E-state index contributed by atoms with van der Waals surface area (Å²) in [6.45, 7) is 1.53. The molecule has 0 aliphatic carbocycles. The maximum absolute atomic E-state index is 10.6. The van der Waals surface area contributed by atoms with Crippen LogP contribution < -0.4 is 0 Å². The number of aliphatic carboxylic acids is 1. The Morgan fingerprint density at radius 2 is 2.11 bits per heavy atom. The van der Waals surface area contributed by atoms with Gasteiger partial charge in [-0.1, -0.05) is 30.3 Å². The normalized spacial score (nSPS) is 21.4. The fraction of sp³-hybridized carbons (Fsp3) is 0.533. The molecule has 1 heterocycles. The monoisotopic (exact) mass is 263 g/mol. The largest absolute Gasteiger partial charge is 0.481 e. The second-order valence-electron chi connectivity index (χ2n) is 5.14. The van der Waals surface area contributed by atoms with E-state index in [0.29, 0.717) is 19.0 Å². The summed E-state index contributed by atoms with van der Waals surface area (Å²) in [5.41, 5.74) is 0.938. The maximum Gasteiger partial charge on any atom is 0.304 e. The lowest BCUT2D eigenvalue weighted by Gasteiger charge is -2.26. The molecule has 1 aromatic rings. The van der Waals surface area contributed by atoms with Crippen molar-refractivity contribution in [1.29, 1.82) is 0 Å². The van der Waals surface area contributed by atoms with Crippen molar-refractivity contribution in [3.63, 3.8) is 0 Å². The zero-order valence-electron chi connectivity index (χ0n) is 11.0. The summed E-state index contributed by atoms with van der Waals surface area (Å²) in [4.78, 5) is 12.8. The van der Waals surface area contributed by atoms with Crippen molar-refractivity contribution in [2.24, 2.45) is 0 Å². The molecule has 0 bridgehead atoms. The molecule has 19 heavy (non-hydrogen) atoms. The van der Waals surface area contributed by atoms with Crippen LogP contribution in [-0.2, 0) is 4.79 Å². The number of carboxylic acid groups (broad SMARTS) is 1.